The highest BCUT2D eigenvalue weighted by atomic mass is 16.5. The number of ether oxygens (including phenoxy) is 1. The summed E-state index contributed by atoms with van der Waals surface area (Å²) in [4.78, 5) is 15.3. The number of fused-ring (bicyclic) bond motifs is 1. The zero-order chi connectivity index (χ0) is 20.1. The van der Waals surface area contributed by atoms with Crippen molar-refractivity contribution in [1.29, 1.82) is 0 Å². The van der Waals surface area contributed by atoms with Crippen LogP contribution in [0.15, 0.2) is 54.7 Å². The smallest absolute Gasteiger partial charge is 0.251 e. The SMILES string of the molecule is CCCC(NC(=O)C1CN(Cc2ccccc2)CCO1)c1nnc2ccccn12. The highest BCUT2D eigenvalue weighted by Crippen LogP contribution is 2.19. The van der Waals surface area contributed by atoms with Crippen LogP contribution in [0.5, 0.6) is 0 Å². The van der Waals surface area contributed by atoms with Crippen molar-refractivity contribution in [3.8, 4) is 0 Å². The molecule has 0 aliphatic carbocycles. The largest absolute Gasteiger partial charge is 0.366 e. The van der Waals surface area contributed by atoms with E-state index in [0.29, 0.717) is 13.2 Å². The molecule has 1 amide bonds. The van der Waals surface area contributed by atoms with E-state index < -0.39 is 6.10 Å². The Morgan fingerprint density at radius 1 is 1.21 bits per heavy atom. The van der Waals surface area contributed by atoms with Crippen molar-refractivity contribution in [2.24, 2.45) is 0 Å². The molecule has 1 aromatic carbocycles. The number of nitrogens with one attached hydrogen (secondary N) is 1. The molecule has 0 radical (unpaired) electrons. The molecule has 2 atom stereocenters. The Balaban J connectivity index is 1.43. The fraction of sp³-hybridized carbons (Fsp3) is 0.409. The lowest BCUT2D eigenvalue weighted by atomic mass is 10.1. The van der Waals surface area contributed by atoms with E-state index in [-0.39, 0.29) is 11.9 Å². The van der Waals surface area contributed by atoms with Gasteiger partial charge < -0.3 is 10.1 Å². The number of rotatable bonds is 7. The first-order valence-corrected chi connectivity index (χ1v) is 10.2. The molecule has 0 spiro atoms. The molecular weight excluding hydrogens is 366 g/mol. The molecule has 2 unspecified atom stereocenters. The van der Waals surface area contributed by atoms with Crippen molar-refractivity contribution >= 4 is 11.6 Å². The summed E-state index contributed by atoms with van der Waals surface area (Å²) in [5, 5.41) is 11.7. The Kier molecular flexibility index (Phi) is 6.17. The number of nitrogens with zero attached hydrogens (tertiary/aromatic N) is 4. The lowest BCUT2D eigenvalue weighted by Gasteiger charge is -2.33. The van der Waals surface area contributed by atoms with Gasteiger partial charge in [-0.05, 0) is 24.1 Å². The van der Waals surface area contributed by atoms with Crippen molar-refractivity contribution in [2.45, 2.75) is 38.5 Å². The molecule has 2 aromatic heterocycles. The van der Waals surface area contributed by atoms with E-state index >= 15 is 0 Å². The number of hydrogen-bond donors (Lipinski definition) is 1. The average Bonchev–Trinajstić information content (AvgIpc) is 3.18. The predicted molar refractivity (Wildman–Crippen MR) is 110 cm³/mol. The molecule has 1 fully saturated rings. The van der Waals surface area contributed by atoms with Crippen molar-refractivity contribution in [3.05, 3.63) is 66.1 Å². The van der Waals surface area contributed by atoms with E-state index in [1.165, 1.54) is 5.56 Å². The van der Waals surface area contributed by atoms with Crippen molar-refractivity contribution in [2.75, 3.05) is 19.7 Å². The van der Waals surface area contributed by atoms with Crippen LogP contribution in [0.1, 0.15) is 37.2 Å². The first-order chi connectivity index (χ1) is 14.2. The molecule has 1 aliphatic heterocycles. The minimum absolute atomic E-state index is 0.0890. The molecule has 7 nitrogen and oxygen atoms in total. The van der Waals surface area contributed by atoms with Crippen LogP contribution in [0, 0.1) is 0 Å². The number of morpholine rings is 1. The number of aromatic nitrogens is 3. The summed E-state index contributed by atoms with van der Waals surface area (Å²) in [7, 11) is 0. The highest BCUT2D eigenvalue weighted by molar-refractivity contribution is 5.81. The number of hydrogen-bond acceptors (Lipinski definition) is 5. The molecule has 7 heteroatoms. The number of benzene rings is 1. The van der Waals surface area contributed by atoms with Crippen LogP contribution >= 0.6 is 0 Å². The van der Waals surface area contributed by atoms with Gasteiger partial charge in [0.05, 0.1) is 12.6 Å². The van der Waals surface area contributed by atoms with E-state index in [0.717, 1.165) is 37.4 Å². The lowest BCUT2D eigenvalue weighted by Crippen LogP contribution is -2.50. The second kappa shape index (κ2) is 9.15. The molecule has 0 bridgehead atoms. The van der Waals surface area contributed by atoms with Gasteiger partial charge in [0.15, 0.2) is 11.5 Å². The van der Waals surface area contributed by atoms with Gasteiger partial charge in [0, 0.05) is 25.8 Å². The molecule has 4 rings (SSSR count). The standard InChI is InChI=1S/C22H27N5O2/c1-2-8-18(21-25-24-20-11-6-7-12-27(20)21)23-22(28)19-16-26(13-14-29-19)15-17-9-4-3-5-10-17/h3-7,9-12,18-19H,2,8,13-16H2,1H3,(H,23,28). The van der Waals surface area contributed by atoms with E-state index in [4.69, 9.17) is 4.74 Å². The van der Waals surface area contributed by atoms with Gasteiger partial charge >= 0.3 is 0 Å². The van der Waals surface area contributed by atoms with Crippen LogP contribution in [-0.2, 0) is 16.1 Å². The van der Waals surface area contributed by atoms with Gasteiger partial charge in [-0.2, -0.15) is 0 Å². The number of carbonyl (C=O) groups is 1. The zero-order valence-electron chi connectivity index (χ0n) is 16.7. The molecule has 3 aromatic rings. The second-order valence-electron chi connectivity index (χ2n) is 7.42. The van der Waals surface area contributed by atoms with Crippen molar-refractivity contribution < 1.29 is 9.53 Å². The average molecular weight is 393 g/mol. The van der Waals surface area contributed by atoms with Crippen molar-refractivity contribution in [3.63, 3.8) is 0 Å². The van der Waals surface area contributed by atoms with Crippen LogP contribution < -0.4 is 5.32 Å². The zero-order valence-corrected chi connectivity index (χ0v) is 16.7. The first-order valence-electron chi connectivity index (χ1n) is 10.2. The second-order valence-corrected chi connectivity index (χ2v) is 7.42. The Bertz CT molecular complexity index is 943. The summed E-state index contributed by atoms with van der Waals surface area (Å²) >= 11 is 0. The van der Waals surface area contributed by atoms with Gasteiger partial charge in [0.1, 0.15) is 6.10 Å². The maximum atomic E-state index is 13.0. The van der Waals surface area contributed by atoms with Crippen LogP contribution in [0.2, 0.25) is 0 Å². The fourth-order valence-electron chi connectivity index (χ4n) is 3.76. The Hall–Kier alpha value is -2.77. The molecule has 152 valence electrons. The Morgan fingerprint density at radius 3 is 2.86 bits per heavy atom. The van der Waals surface area contributed by atoms with Crippen LogP contribution in [0.4, 0.5) is 0 Å². The molecule has 1 aliphatic rings. The van der Waals surface area contributed by atoms with Gasteiger partial charge in [-0.3, -0.25) is 14.1 Å². The quantitative estimate of drug-likeness (QED) is 0.668. The summed E-state index contributed by atoms with van der Waals surface area (Å²) in [6, 6.07) is 15.9. The minimum Gasteiger partial charge on any atom is -0.366 e. The molecule has 1 N–H and O–H groups in total. The van der Waals surface area contributed by atoms with Crippen LogP contribution in [-0.4, -0.2) is 51.2 Å². The summed E-state index contributed by atoms with van der Waals surface area (Å²) in [5.74, 6) is 0.668. The van der Waals surface area contributed by atoms with E-state index in [1.807, 2.05) is 47.0 Å². The van der Waals surface area contributed by atoms with Crippen LogP contribution in [0.25, 0.3) is 5.65 Å². The number of carbonyl (C=O) groups excluding carboxylic acids is 1. The fourth-order valence-corrected chi connectivity index (χ4v) is 3.76. The molecular formula is C22H27N5O2. The normalized spacial score (nSPS) is 18.6. The van der Waals surface area contributed by atoms with Crippen molar-refractivity contribution in [1.82, 2.24) is 24.8 Å². The molecule has 1 saturated heterocycles. The molecule has 3 heterocycles. The van der Waals surface area contributed by atoms with Crippen LogP contribution in [0.3, 0.4) is 0 Å². The maximum Gasteiger partial charge on any atom is 0.251 e. The number of pyridine rings is 1. The van der Waals surface area contributed by atoms with Gasteiger partial charge in [-0.25, -0.2) is 0 Å². The van der Waals surface area contributed by atoms with E-state index in [9.17, 15) is 4.79 Å². The highest BCUT2D eigenvalue weighted by Gasteiger charge is 2.29. The maximum absolute atomic E-state index is 13.0. The monoisotopic (exact) mass is 393 g/mol. The molecule has 29 heavy (non-hydrogen) atoms. The van der Waals surface area contributed by atoms with Gasteiger partial charge in [0.2, 0.25) is 0 Å². The third kappa shape index (κ3) is 4.63. The summed E-state index contributed by atoms with van der Waals surface area (Å²) < 4.78 is 7.73. The predicted octanol–water partition coefficient (Wildman–Crippen LogP) is 2.59. The lowest BCUT2D eigenvalue weighted by molar-refractivity contribution is -0.139. The minimum atomic E-state index is -0.481. The topological polar surface area (TPSA) is 71.8 Å². The van der Waals surface area contributed by atoms with Gasteiger partial charge in [-0.1, -0.05) is 49.7 Å². The summed E-state index contributed by atoms with van der Waals surface area (Å²) in [6.45, 7) is 4.88. The third-order valence-electron chi connectivity index (χ3n) is 5.24. The van der Waals surface area contributed by atoms with Gasteiger partial charge in [0.25, 0.3) is 5.91 Å². The first kappa shape index (κ1) is 19.5. The Morgan fingerprint density at radius 2 is 2.03 bits per heavy atom. The third-order valence-corrected chi connectivity index (χ3v) is 5.24. The Labute approximate surface area is 170 Å². The van der Waals surface area contributed by atoms with E-state index in [1.54, 1.807) is 0 Å². The number of amides is 1. The summed E-state index contributed by atoms with van der Waals surface area (Å²) in [6.07, 6.45) is 3.17. The molecule has 0 saturated carbocycles. The van der Waals surface area contributed by atoms with E-state index in [2.05, 4.69) is 39.5 Å². The van der Waals surface area contributed by atoms with Gasteiger partial charge in [-0.15, -0.1) is 10.2 Å². The summed E-state index contributed by atoms with van der Waals surface area (Å²) in [5.41, 5.74) is 2.02.